The quantitative estimate of drug-likeness (QED) is 0.472. The summed E-state index contributed by atoms with van der Waals surface area (Å²) in [6, 6.07) is 1.37. The molecule has 0 radical (unpaired) electrons. The van der Waals surface area contributed by atoms with E-state index in [4.69, 9.17) is 0 Å². The highest BCUT2D eigenvalue weighted by molar-refractivity contribution is 9.09. The number of nitrogens with zero attached hydrogens (tertiary/aromatic N) is 1. The largest absolute Gasteiger partial charge is 0.299 e. The highest BCUT2D eigenvalue weighted by Gasteiger charge is 2.11. The molecular formula is C12H26BrN. The second-order valence-electron chi connectivity index (χ2n) is 4.53. The average molecular weight is 264 g/mol. The summed E-state index contributed by atoms with van der Waals surface area (Å²) in [4.78, 5) is 2.58. The Kier molecular flexibility index (Phi) is 9.00. The van der Waals surface area contributed by atoms with E-state index in [1.165, 1.54) is 32.2 Å². The van der Waals surface area contributed by atoms with Crippen molar-refractivity contribution in [3.63, 3.8) is 0 Å². The van der Waals surface area contributed by atoms with Gasteiger partial charge in [0.05, 0.1) is 0 Å². The molecule has 0 fully saturated rings. The van der Waals surface area contributed by atoms with Crippen molar-refractivity contribution < 1.29 is 0 Å². The van der Waals surface area contributed by atoms with Crippen LogP contribution in [0.25, 0.3) is 0 Å². The summed E-state index contributed by atoms with van der Waals surface area (Å²) in [5.74, 6) is 0. The van der Waals surface area contributed by atoms with Crippen LogP contribution < -0.4 is 0 Å². The molecule has 0 amide bonds. The van der Waals surface area contributed by atoms with Gasteiger partial charge in [0.1, 0.15) is 0 Å². The minimum absolute atomic E-state index is 0.686. The Morgan fingerprint density at radius 3 is 1.79 bits per heavy atom. The van der Waals surface area contributed by atoms with E-state index in [9.17, 15) is 0 Å². The van der Waals surface area contributed by atoms with Crippen LogP contribution in [-0.2, 0) is 0 Å². The maximum atomic E-state index is 3.47. The van der Waals surface area contributed by atoms with Gasteiger partial charge in [-0.15, -0.1) is 0 Å². The third kappa shape index (κ3) is 6.83. The first-order valence-electron chi connectivity index (χ1n) is 5.91. The molecule has 14 heavy (non-hydrogen) atoms. The number of hydrogen-bond donors (Lipinski definition) is 0. The van der Waals surface area contributed by atoms with E-state index >= 15 is 0 Å². The van der Waals surface area contributed by atoms with Gasteiger partial charge >= 0.3 is 0 Å². The Balaban J connectivity index is 3.52. The zero-order valence-electron chi connectivity index (χ0n) is 10.2. The standard InChI is InChI=1S/C12H26BrN/c1-11(2)14(12(3)4)10-8-6-5-7-9-13/h11-12H,5-10H2,1-4H3. The lowest BCUT2D eigenvalue weighted by Gasteiger charge is -2.30. The minimum Gasteiger partial charge on any atom is -0.299 e. The molecule has 0 spiro atoms. The summed E-state index contributed by atoms with van der Waals surface area (Å²) in [6.45, 7) is 10.4. The molecule has 0 aliphatic rings. The second kappa shape index (κ2) is 8.72. The Morgan fingerprint density at radius 1 is 0.857 bits per heavy atom. The summed E-state index contributed by atoms with van der Waals surface area (Å²) in [5, 5.41) is 1.16. The fourth-order valence-electron chi connectivity index (χ4n) is 1.86. The molecule has 2 heteroatoms. The summed E-state index contributed by atoms with van der Waals surface area (Å²) >= 11 is 3.47. The molecule has 0 heterocycles. The average Bonchev–Trinajstić information content (AvgIpc) is 2.09. The Labute approximate surface area is 98.4 Å². The molecule has 0 unspecified atom stereocenters. The fourth-order valence-corrected chi connectivity index (χ4v) is 2.25. The van der Waals surface area contributed by atoms with Crippen molar-refractivity contribution in [1.29, 1.82) is 0 Å². The fraction of sp³-hybridized carbons (Fsp3) is 1.00. The van der Waals surface area contributed by atoms with Gasteiger partial charge in [0.15, 0.2) is 0 Å². The molecule has 1 nitrogen and oxygen atoms in total. The lowest BCUT2D eigenvalue weighted by atomic mass is 10.1. The lowest BCUT2D eigenvalue weighted by Crippen LogP contribution is -2.37. The van der Waals surface area contributed by atoms with E-state index in [0.717, 1.165) is 5.33 Å². The van der Waals surface area contributed by atoms with E-state index in [0.29, 0.717) is 12.1 Å². The zero-order valence-corrected chi connectivity index (χ0v) is 11.8. The summed E-state index contributed by atoms with van der Waals surface area (Å²) in [6.07, 6.45) is 5.42. The monoisotopic (exact) mass is 263 g/mol. The van der Waals surface area contributed by atoms with Gasteiger partial charge in [-0.25, -0.2) is 0 Å². The number of hydrogen-bond acceptors (Lipinski definition) is 1. The van der Waals surface area contributed by atoms with Gasteiger partial charge < -0.3 is 0 Å². The van der Waals surface area contributed by atoms with E-state index in [2.05, 4.69) is 48.5 Å². The molecule has 0 aromatic rings. The molecule has 0 saturated heterocycles. The van der Waals surface area contributed by atoms with Gasteiger partial charge in [-0.1, -0.05) is 28.8 Å². The number of halogens is 1. The van der Waals surface area contributed by atoms with Gasteiger partial charge in [0.2, 0.25) is 0 Å². The van der Waals surface area contributed by atoms with Crippen LogP contribution in [-0.4, -0.2) is 28.9 Å². The topological polar surface area (TPSA) is 3.24 Å². The van der Waals surface area contributed by atoms with Crippen LogP contribution in [0.5, 0.6) is 0 Å². The van der Waals surface area contributed by atoms with Crippen LogP contribution in [0, 0.1) is 0 Å². The first-order chi connectivity index (χ1) is 6.59. The molecule has 0 bridgehead atoms. The molecule has 0 aromatic carbocycles. The van der Waals surface area contributed by atoms with Crippen LogP contribution in [0.3, 0.4) is 0 Å². The first-order valence-corrected chi connectivity index (χ1v) is 7.03. The summed E-state index contributed by atoms with van der Waals surface area (Å²) in [5.41, 5.74) is 0. The van der Waals surface area contributed by atoms with Gasteiger partial charge in [0.25, 0.3) is 0 Å². The lowest BCUT2D eigenvalue weighted by molar-refractivity contribution is 0.171. The Hall–Kier alpha value is 0.440. The Bertz CT molecular complexity index is 115. The maximum absolute atomic E-state index is 3.47. The molecule has 86 valence electrons. The molecule has 0 aliphatic carbocycles. The van der Waals surface area contributed by atoms with Crippen LogP contribution in [0.2, 0.25) is 0 Å². The maximum Gasteiger partial charge on any atom is 0.00412 e. The molecule has 0 atom stereocenters. The molecule has 0 N–H and O–H groups in total. The van der Waals surface area contributed by atoms with Gasteiger partial charge in [0, 0.05) is 17.4 Å². The van der Waals surface area contributed by atoms with Crippen molar-refractivity contribution in [3.8, 4) is 0 Å². The predicted molar refractivity (Wildman–Crippen MR) is 69.2 cm³/mol. The van der Waals surface area contributed by atoms with Crippen molar-refractivity contribution >= 4 is 15.9 Å². The van der Waals surface area contributed by atoms with Gasteiger partial charge in [-0.05, 0) is 47.1 Å². The summed E-state index contributed by atoms with van der Waals surface area (Å²) in [7, 11) is 0. The SMILES string of the molecule is CC(C)N(CCCCCCBr)C(C)C. The number of unbranched alkanes of at least 4 members (excludes halogenated alkanes) is 3. The van der Waals surface area contributed by atoms with Gasteiger partial charge in [-0.2, -0.15) is 0 Å². The molecular weight excluding hydrogens is 238 g/mol. The van der Waals surface area contributed by atoms with Crippen molar-refractivity contribution in [2.24, 2.45) is 0 Å². The number of alkyl halides is 1. The van der Waals surface area contributed by atoms with E-state index in [-0.39, 0.29) is 0 Å². The third-order valence-electron chi connectivity index (χ3n) is 2.63. The summed E-state index contributed by atoms with van der Waals surface area (Å²) < 4.78 is 0. The highest BCUT2D eigenvalue weighted by atomic mass is 79.9. The van der Waals surface area contributed by atoms with Crippen molar-refractivity contribution in [2.75, 3.05) is 11.9 Å². The van der Waals surface area contributed by atoms with Crippen LogP contribution >= 0.6 is 15.9 Å². The zero-order chi connectivity index (χ0) is 11.0. The normalized spacial score (nSPS) is 12.0. The third-order valence-corrected chi connectivity index (χ3v) is 3.19. The molecule has 0 aliphatic heterocycles. The minimum atomic E-state index is 0.686. The second-order valence-corrected chi connectivity index (χ2v) is 5.32. The van der Waals surface area contributed by atoms with E-state index in [1.807, 2.05) is 0 Å². The number of rotatable bonds is 8. The van der Waals surface area contributed by atoms with Crippen molar-refractivity contribution in [3.05, 3.63) is 0 Å². The molecule has 0 aromatic heterocycles. The smallest absolute Gasteiger partial charge is 0.00412 e. The highest BCUT2D eigenvalue weighted by Crippen LogP contribution is 2.09. The first kappa shape index (κ1) is 14.4. The molecule has 0 rings (SSSR count). The van der Waals surface area contributed by atoms with Crippen molar-refractivity contribution in [1.82, 2.24) is 4.90 Å². The van der Waals surface area contributed by atoms with E-state index < -0.39 is 0 Å². The predicted octanol–water partition coefficient (Wildman–Crippen LogP) is 4.06. The van der Waals surface area contributed by atoms with Crippen LogP contribution in [0.15, 0.2) is 0 Å². The van der Waals surface area contributed by atoms with Crippen LogP contribution in [0.4, 0.5) is 0 Å². The Morgan fingerprint density at radius 2 is 1.36 bits per heavy atom. The molecule has 0 saturated carbocycles. The van der Waals surface area contributed by atoms with Crippen LogP contribution in [0.1, 0.15) is 53.4 Å². The van der Waals surface area contributed by atoms with Crippen molar-refractivity contribution in [2.45, 2.75) is 65.5 Å². The van der Waals surface area contributed by atoms with E-state index in [1.54, 1.807) is 0 Å². The van der Waals surface area contributed by atoms with Gasteiger partial charge in [-0.3, -0.25) is 4.90 Å².